The third kappa shape index (κ3) is 4.11. The molecule has 4 heteroatoms. The number of pyridine rings is 3. The number of benzene rings is 5. The largest absolute Gasteiger partial charge is 0.309 e. The van der Waals surface area contributed by atoms with Crippen molar-refractivity contribution in [3.05, 3.63) is 158 Å². The molecule has 5 aromatic carbocycles. The molecule has 0 unspecified atom stereocenters. The van der Waals surface area contributed by atoms with Crippen LogP contribution in [0.2, 0.25) is 0 Å². The molecule has 4 heterocycles. The van der Waals surface area contributed by atoms with Crippen LogP contribution in [0.25, 0.3) is 82.9 Å². The van der Waals surface area contributed by atoms with E-state index in [4.69, 9.17) is 9.97 Å². The normalized spacial score (nSPS) is 11.6. The Balaban J connectivity index is 1.26. The third-order valence-corrected chi connectivity index (χ3v) is 8.67. The Bertz CT molecular complexity index is 2520. The molecule has 0 aliphatic heterocycles. The van der Waals surface area contributed by atoms with E-state index in [1.807, 2.05) is 30.5 Å². The molecule has 9 aromatic rings. The summed E-state index contributed by atoms with van der Waals surface area (Å²) in [4.78, 5) is 14.5. The SMILES string of the molecule is c1ccc(-n2c3ccccc3c3c4c(ccc32)c(-c2ccc(-c3cccc(-c5cccnc5)n3)cc2)nc2ccccc24)cc1. The summed E-state index contributed by atoms with van der Waals surface area (Å²) in [6.45, 7) is 0. The topological polar surface area (TPSA) is 43.6 Å². The smallest absolute Gasteiger partial charge is 0.0788 e. The van der Waals surface area contributed by atoms with E-state index in [2.05, 4.69) is 131 Å². The fraction of sp³-hybridized carbons (Fsp3) is 0. The van der Waals surface area contributed by atoms with Gasteiger partial charge in [0.25, 0.3) is 0 Å². The number of nitrogens with zero attached hydrogens (tertiary/aromatic N) is 4. The molecular weight excluding hydrogens is 548 g/mol. The van der Waals surface area contributed by atoms with Gasteiger partial charge >= 0.3 is 0 Å². The third-order valence-electron chi connectivity index (χ3n) is 8.67. The molecule has 0 radical (unpaired) electrons. The van der Waals surface area contributed by atoms with Gasteiger partial charge in [0.05, 0.1) is 33.6 Å². The molecule has 0 aliphatic carbocycles. The summed E-state index contributed by atoms with van der Waals surface area (Å²) >= 11 is 0. The average molecular weight is 575 g/mol. The second kappa shape index (κ2) is 10.2. The number of para-hydroxylation sites is 3. The van der Waals surface area contributed by atoms with E-state index < -0.39 is 0 Å². The van der Waals surface area contributed by atoms with Crippen LogP contribution in [0, 0.1) is 0 Å². The molecular formula is C41H26N4. The molecule has 0 amide bonds. The van der Waals surface area contributed by atoms with Gasteiger partial charge in [0.15, 0.2) is 0 Å². The van der Waals surface area contributed by atoms with Gasteiger partial charge in [0, 0.05) is 61.7 Å². The Morgan fingerprint density at radius 2 is 1.16 bits per heavy atom. The standard InChI is InChI=1S/C41H26N4/c1-2-11-30(12-3-1)45-37-18-7-5-14-32(37)40-38(45)24-23-33-39(40)31-13-4-6-15-36(31)44-41(33)28-21-19-27(20-22-28)34-16-8-17-35(43-34)29-10-9-25-42-26-29/h1-26H. The highest BCUT2D eigenvalue weighted by Gasteiger charge is 2.19. The van der Waals surface area contributed by atoms with Crippen LogP contribution < -0.4 is 0 Å². The van der Waals surface area contributed by atoms with Gasteiger partial charge in [-0.3, -0.25) is 4.98 Å². The lowest BCUT2D eigenvalue weighted by Gasteiger charge is -2.13. The second-order valence-corrected chi connectivity index (χ2v) is 11.3. The fourth-order valence-electron chi connectivity index (χ4n) is 6.65. The van der Waals surface area contributed by atoms with Gasteiger partial charge in [-0.2, -0.15) is 0 Å². The molecule has 45 heavy (non-hydrogen) atoms. The Hall–Kier alpha value is -6.13. The Kier molecular flexibility index (Phi) is 5.78. The summed E-state index contributed by atoms with van der Waals surface area (Å²) in [6, 6.07) is 51.1. The van der Waals surface area contributed by atoms with Crippen molar-refractivity contribution < 1.29 is 0 Å². The van der Waals surface area contributed by atoms with Crippen molar-refractivity contribution in [2.24, 2.45) is 0 Å². The Morgan fingerprint density at radius 3 is 1.98 bits per heavy atom. The molecule has 0 bridgehead atoms. The minimum absolute atomic E-state index is 0.908. The molecule has 0 saturated carbocycles. The molecule has 0 spiro atoms. The first-order chi connectivity index (χ1) is 22.3. The van der Waals surface area contributed by atoms with Gasteiger partial charge in [-0.05, 0) is 54.6 Å². The highest BCUT2D eigenvalue weighted by molar-refractivity contribution is 6.29. The summed E-state index contributed by atoms with van der Waals surface area (Å²) in [5.41, 5.74) is 10.5. The lowest BCUT2D eigenvalue weighted by Crippen LogP contribution is -1.94. The first kappa shape index (κ1) is 25.4. The van der Waals surface area contributed by atoms with Crippen molar-refractivity contribution in [2.75, 3.05) is 0 Å². The molecule has 0 N–H and O–H groups in total. The summed E-state index contributed by atoms with van der Waals surface area (Å²) < 4.78 is 2.38. The molecule has 0 fully saturated rings. The van der Waals surface area contributed by atoms with E-state index in [9.17, 15) is 0 Å². The number of aromatic nitrogens is 4. The second-order valence-electron chi connectivity index (χ2n) is 11.3. The summed E-state index contributed by atoms with van der Waals surface area (Å²) in [5, 5.41) is 6.01. The minimum Gasteiger partial charge on any atom is -0.309 e. The fourth-order valence-corrected chi connectivity index (χ4v) is 6.65. The van der Waals surface area contributed by atoms with Gasteiger partial charge in [0.1, 0.15) is 0 Å². The number of rotatable bonds is 4. The van der Waals surface area contributed by atoms with Gasteiger partial charge in [0.2, 0.25) is 0 Å². The Labute approximate surface area is 259 Å². The maximum absolute atomic E-state index is 5.25. The molecule has 0 atom stereocenters. The highest BCUT2D eigenvalue weighted by Crippen LogP contribution is 2.42. The van der Waals surface area contributed by atoms with Crippen molar-refractivity contribution >= 4 is 43.5 Å². The van der Waals surface area contributed by atoms with Gasteiger partial charge < -0.3 is 4.57 Å². The van der Waals surface area contributed by atoms with Crippen LogP contribution in [0.4, 0.5) is 0 Å². The highest BCUT2D eigenvalue weighted by atomic mass is 15.0. The first-order valence-corrected chi connectivity index (χ1v) is 15.1. The van der Waals surface area contributed by atoms with Crippen molar-refractivity contribution in [3.8, 4) is 39.5 Å². The maximum atomic E-state index is 5.25. The van der Waals surface area contributed by atoms with Crippen molar-refractivity contribution in [2.45, 2.75) is 0 Å². The lowest BCUT2D eigenvalue weighted by atomic mass is 9.95. The van der Waals surface area contributed by atoms with E-state index in [1.165, 1.54) is 27.2 Å². The van der Waals surface area contributed by atoms with E-state index in [0.717, 1.165) is 55.7 Å². The van der Waals surface area contributed by atoms with Crippen molar-refractivity contribution in [1.82, 2.24) is 19.5 Å². The molecule has 0 aliphatic rings. The van der Waals surface area contributed by atoms with Crippen LogP contribution in [0.3, 0.4) is 0 Å². The minimum atomic E-state index is 0.908. The molecule has 4 nitrogen and oxygen atoms in total. The van der Waals surface area contributed by atoms with Crippen LogP contribution in [0.5, 0.6) is 0 Å². The monoisotopic (exact) mass is 574 g/mol. The van der Waals surface area contributed by atoms with Crippen molar-refractivity contribution in [3.63, 3.8) is 0 Å². The van der Waals surface area contributed by atoms with Crippen LogP contribution >= 0.6 is 0 Å². The summed E-state index contributed by atoms with van der Waals surface area (Å²) in [6.07, 6.45) is 3.63. The Morgan fingerprint density at radius 1 is 0.422 bits per heavy atom. The van der Waals surface area contributed by atoms with Gasteiger partial charge in [-0.1, -0.05) is 91.0 Å². The maximum Gasteiger partial charge on any atom is 0.0788 e. The van der Waals surface area contributed by atoms with Crippen LogP contribution in [0.15, 0.2) is 158 Å². The van der Waals surface area contributed by atoms with Crippen LogP contribution in [-0.2, 0) is 0 Å². The van der Waals surface area contributed by atoms with E-state index >= 15 is 0 Å². The summed E-state index contributed by atoms with van der Waals surface area (Å²) in [7, 11) is 0. The molecule has 0 saturated heterocycles. The zero-order valence-corrected chi connectivity index (χ0v) is 24.3. The quantitative estimate of drug-likeness (QED) is 0.196. The molecule has 4 aromatic heterocycles. The van der Waals surface area contributed by atoms with Crippen molar-refractivity contribution in [1.29, 1.82) is 0 Å². The zero-order valence-electron chi connectivity index (χ0n) is 24.3. The number of hydrogen-bond donors (Lipinski definition) is 0. The number of hydrogen-bond acceptors (Lipinski definition) is 3. The van der Waals surface area contributed by atoms with E-state index in [1.54, 1.807) is 6.20 Å². The average Bonchev–Trinajstić information content (AvgIpc) is 3.47. The predicted octanol–water partition coefficient (Wildman–Crippen LogP) is 10.3. The predicted molar refractivity (Wildman–Crippen MR) is 185 cm³/mol. The number of fused-ring (bicyclic) bond motifs is 7. The molecule has 9 rings (SSSR count). The molecule has 210 valence electrons. The van der Waals surface area contributed by atoms with Crippen LogP contribution in [-0.4, -0.2) is 19.5 Å². The van der Waals surface area contributed by atoms with E-state index in [0.29, 0.717) is 0 Å². The van der Waals surface area contributed by atoms with Gasteiger partial charge in [-0.15, -0.1) is 0 Å². The van der Waals surface area contributed by atoms with Crippen LogP contribution in [0.1, 0.15) is 0 Å². The lowest BCUT2D eigenvalue weighted by molar-refractivity contribution is 1.18. The first-order valence-electron chi connectivity index (χ1n) is 15.1. The summed E-state index contributed by atoms with van der Waals surface area (Å²) in [5.74, 6) is 0. The van der Waals surface area contributed by atoms with E-state index in [-0.39, 0.29) is 0 Å². The van der Waals surface area contributed by atoms with Gasteiger partial charge in [-0.25, -0.2) is 9.97 Å². The zero-order chi connectivity index (χ0) is 29.7.